The maximum Gasteiger partial charge on any atom is 0.141 e. The number of ketones is 1. The average molecular weight is 168 g/mol. The van der Waals surface area contributed by atoms with Crippen molar-refractivity contribution in [3.63, 3.8) is 0 Å². The number of Topliss-reactive ketones (excluding diaryl/α,β-unsaturated/α-hetero) is 1. The predicted molar refractivity (Wildman–Crippen MR) is 45.7 cm³/mol. The second kappa shape index (κ2) is 2.84. The van der Waals surface area contributed by atoms with Gasteiger partial charge in [-0.1, -0.05) is 0 Å². The van der Waals surface area contributed by atoms with Gasteiger partial charge in [0.1, 0.15) is 5.78 Å². The van der Waals surface area contributed by atoms with E-state index in [1.54, 1.807) is 0 Å². The van der Waals surface area contributed by atoms with E-state index in [0.717, 1.165) is 31.6 Å². The molecule has 0 saturated heterocycles. The Labute approximate surface area is 73.0 Å². The van der Waals surface area contributed by atoms with Gasteiger partial charge in [-0.25, -0.2) is 0 Å². The van der Waals surface area contributed by atoms with Crippen LogP contribution in [0.25, 0.3) is 0 Å². The average Bonchev–Trinajstić information content (AvgIpc) is 2.41. The molecule has 68 valence electrons. The number of carbonyl (C=O) groups is 1. The second-order valence-electron chi connectivity index (χ2n) is 4.36. The van der Waals surface area contributed by atoms with Crippen LogP contribution >= 0.6 is 0 Å². The molecule has 2 atom stereocenters. The zero-order chi connectivity index (χ0) is 8.60. The van der Waals surface area contributed by atoms with Crippen molar-refractivity contribution in [2.75, 3.05) is 6.61 Å². The van der Waals surface area contributed by atoms with Crippen LogP contribution in [0.4, 0.5) is 0 Å². The maximum atomic E-state index is 11.7. The van der Waals surface area contributed by atoms with Crippen molar-refractivity contribution in [1.82, 2.24) is 0 Å². The van der Waals surface area contributed by atoms with Crippen molar-refractivity contribution < 1.29 is 9.90 Å². The minimum atomic E-state index is -0.304. The van der Waals surface area contributed by atoms with Crippen molar-refractivity contribution in [3.8, 4) is 0 Å². The van der Waals surface area contributed by atoms with Crippen molar-refractivity contribution >= 4 is 5.78 Å². The van der Waals surface area contributed by atoms with Crippen LogP contribution in [0.2, 0.25) is 0 Å². The molecule has 0 aliphatic heterocycles. The summed E-state index contributed by atoms with van der Waals surface area (Å²) < 4.78 is 0. The van der Waals surface area contributed by atoms with Crippen molar-refractivity contribution in [2.24, 2.45) is 11.3 Å². The van der Waals surface area contributed by atoms with Gasteiger partial charge in [0.15, 0.2) is 0 Å². The lowest BCUT2D eigenvalue weighted by Crippen LogP contribution is -2.31. The molecule has 2 bridgehead atoms. The van der Waals surface area contributed by atoms with Crippen LogP contribution in [0, 0.1) is 11.3 Å². The molecule has 0 radical (unpaired) electrons. The summed E-state index contributed by atoms with van der Waals surface area (Å²) in [6, 6.07) is 0. The van der Waals surface area contributed by atoms with E-state index in [-0.39, 0.29) is 12.0 Å². The Morgan fingerprint density at radius 2 is 2.33 bits per heavy atom. The minimum absolute atomic E-state index is 0.0856. The lowest BCUT2D eigenvalue weighted by molar-refractivity contribution is -0.130. The quantitative estimate of drug-likeness (QED) is 0.644. The number of rotatable bonds is 1. The highest BCUT2D eigenvalue weighted by Gasteiger charge is 2.45. The number of fused-ring (bicyclic) bond motifs is 2. The Morgan fingerprint density at radius 1 is 1.50 bits per heavy atom. The third-order valence-corrected chi connectivity index (χ3v) is 3.62. The molecule has 2 aliphatic carbocycles. The molecule has 2 saturated carbocycles. The van der Waals surface area contributed by atoms with E-state index in [4.69, 9.17) is 0 Å². The van der Waals surface area contributed by atoms with Gasteiger partial charge in [0, 0.05) is 6.42 Å². The monoisotopic (exact) mass is 168 g/mol. The molecule has 0 aromatic heterocycles. The van der Waals surface area contributed by atoms with Gasteiger partial charge in [0.05, 0.1) is 12.0 Å². The molecule has 2 fully saturated rings. The number of aliphatic hydroxyl groups excluding tert-OH is 1. The molecule has 0 heterocycles. The zero-order valence-electron chi connectivity index (χ0n) is 7.38. The highest BCUT2D eigenvalue weighted by atomic mass is 16.3. The fraction of sp³-hybridized carbons (Fsp3) is 0.900. The molecule has 0 aromatic carbocycles. The first-order chi connectivity index (χ1) is 5.77. The Hall–Kier alpha value is -0.370. The minimum Gasteiger partial charge on any atom is -0.395 e. The van der Waals surface area contributed by atoms with Crippen LogP contribution in [0.1, 0.15) is 38.5 Å². The van der Waals surface area contributed by atoms with E-state index in [1.165, 1.54) is 6.42 Å². The summed E-state index contributed by atoms with van der Waals surface area (Å²) in [5, 5.41) is 9.24. The molecule has 0 aromatic rings. The summed E-state index contributed by atoms with van der Waals surface area (Å²) >= 11 is 0. The second-order valence-corrected chi connectivity index (χ2v) is 4.36. The lowest BCUT2D eigenvalue weighted by Gasteiger charge is -2.23. The predicted octanol–water partition coefficient (Wildman–Crippen LogP) is 1.52. The molecular weight excluding hydrogens is 152 g/mol. The molecular formula is C10H16O2. The molecule has 2 aliphatic rings. The Morgan fingerprint density at radius 3 is 3.08 bits per heavy atom. The summed E-state index contributed by atoms with van der Waals surface area (Å²) in [5.74, 6) is 1.05. The Kier molecular flexibility index (Phi) is 1.95. The van der Waals surface area contributed by atoms with Gasteiger partial charge in [0.25, 0.3) is 0 Å². The lowest BCUT2D eigenvalue weighted by atomic mass is 9.81. The van der Waals surface area contributed by atoms with Crippen LogP contribution in [-0.4, -0.2) is 17.5 Å². The number of carbonyl (C=O) groups excluding carboxylic acids is 1. The first-order valence-corrected chi connectivity index (χ1v) is 4.91. The van der Waals surface area contributed by atoms with Gasteiger partial charge in [-0.2, -0.15) is 0 Å². The van der Waals surface area contributed by atoms with Crippen LogP contribution in [-0.2, 0) is 4.79 Å². The van der Waals surface area contributed by atoms with Crippen molar-refractivity contribution in [1.29, 1.82) is 0 Å². The van der Waals surface area contributed by atoms with Gasteiger partial charge in [-0.05, 0) is 38.0 Å². The summed E-state index contributed by atoms with van der Waals surface area (Å²) in [5.41, 5.74) is -0.304. The molecule has 0 amide bonds. The fourth-order valence-electron chi connectivity index (χ4n) is 2.79. The molecule has 0 spiro atoms. The van der Waals surface area contributed by atoms with Crippen LogP contribution < -0.4 is 0 Å². The Balaban J connectivity index is 2.22. The van der Waals surface area contributed by atoms with Crippen LogP contribution in [0.5, 0.6) is 0 Å². The maximum absolute atomic E-state index is 11.7. The van der Waals surface area contributed by atoms with Gasteiger partial charge < -0.3 is 5.11 Å². The van der Waals surface area contributed by atoms with E-state index in [9.17, 15) is 9.90 Å². The van der Waals surface area contributed by atoms with E-state index < -0.39 is 0 Å². The molecule has 2 heteroatoms. The van der Waals surface area contributed by atoms with Crippen LogP contribution in [0.15, 0.2) is 0 Å². The van der Waals surface area contributed by atoms with E-state index >= 15 is 0 Å². The topological polar surface area (TPSA) is 37.3 Å². The number of aliphatic hydroxyl groups is 1. The highest BCUT2D eigenvalue weighted by molar-refractivity contribution is 5.85. The fourth-order valence-corrected chi connectivity index (χ4v) is 2.79. The first-order valence-electron chi connectivity index (χ1n) is 4.91. The zero-order valence-corrected chi connectivity index (χ0v) is 7.38. The molecule has 12 heavy (non-hydrogen) atoms. The molecule has 2 nitrogen and oxygen atoms in total. The van der Waals surface area contributed by atoms with Gasteiger partial charge >= 0.3 is 0 Å². The largest absolute Gasteiger partial charge is 0.395 e. The van der Waals surface area contributed by atoms with Crippen LogP contribution in [0.3, 0.4) is 0 Å². The molecule has 2 rings (SSSR count). The summed E-state index contributed by atoms with van der Waals surface area (Å²) in [6.45, 7) is 0.0856. The number of hydrogen-bond acceptors (Lipinski definition) is 2. The highest BCUT2D eigenvalue weighted by Crippen LogP contribution is 2.47. The summed E-state index contributed by atoms with van der Waals surface area (Å²) in [6.07, 6.45) is 6.01. The molecule has 2 unspecified atom stereocenters. The summed E-state index contributed by atoms with van der Waals surface area (Å²) in [4.78, 5) is 11.7. The van der Waals surface area contributed by atoms with E-state index in [0.29, 0.717) is 12.2 Å². The Bertz CT molecular complexity index is 200. The SMILES string of the molecule is O=C1CCCC2CCC1(CO)C2. The standard InChI is InChI=1S/C10H16O2/c11-7-10-5-4-8(6-10)2-1-3-9(10)12/h8,11H,1-7H2. The summed E-state index contributed by atoms with van der Waals surface area (Å²) in [7, 11) is 0. The molecule has 1 N–H and O–H groups in total. The normalized spacial score (nSPS) is 41.4. The van der Waals surface area contributed by atoms with Gasteiger partial charge in [0.2, 0.25) is 0 Å². The van der Waals surface area contributed by atoms with Crippen molar-refractivity contribution in [2.45, 2.75) is 38.5 Å². The van der Waals surface area contributed by atoms with Gasteiger partial charge in [-0.15, -0.1) is 0 Å². The van der Waals surface area contributed by atoms with E-state index in [1.807, 2.05) is 0 Å². The first kappa shape index (κ1) is 8.24. The number of hydrogen-bond donors (Lipinski definition) is 1. The van der Waals surface area contributed by atoms with Crippen molar-refractivity contribution in [3.05, 3.63) is 0 Å². The smallest absolute Gasteiger partial charge is 0.141 e. The van der Waals surface area contributed by atoms with Gasteiger partial charge in [-0.3, -0.25) is 4.79 Å². The third kappa shape index (κ3) is 1.09. The van der Waals surface area contributed by atoms with E-state index in [2.05, 4.69) is 0 Å². The third-order valence-electron chi connectivity index (χ3n) is 3.62.